The summed E-state index contributed by atoms with van der Waals surface area (Å²) >= 11 is 7.18. The molecule has 5 rings (SSSR count). The molecule has 0 bridgehead atoms. The van der Waals surface area contributed by atoms with Gasteiger partial charge in [-0.15, -0.1) is 0 Å². The third-order valence-electron chi connectivity index (χ3n) is 7.99. The minimum atomic E-state index is -1.03. The Morgan fingerprint density at radius 1 is 0.976 bits per heavy atom. The van der Waals surface area contributed by atoms with Gasteiger partial charge in [0, 0.05) is 56.9 Å². The number of hydrogen-bond donors (Lipinski definition) is 1. The van der Waals surface area contributed by atoms with Crippen LogP contribution in [0.15, 0.2) is 67.9 Å². The van der Waals surface area contributed by atoms with Crippen molar-refractivity contribution >= 4 is 49.4 Å². The molecule has 0 spiro atoms. The highest BCUT2D eigenvalue weighted by Crippen LogP contribution is 2.56. The molecule has 41 heavy (non-hydrogen) atoms. The maximum Gasteiger partial charge on any atom is 0.323 e. The number of carboxylic acids is 1. The average Bonchev–Trinajstić information content (AvgIpc) is 2.83. The minimum Gasteiger partial charge on any atom is -0.487 e. The van der Waals surface area contributed by atoms with E-state index in [0.717, 1.165) is 0 Å². The fourth-order valence-corrected chi connectivity index (χ4v) is 7.77. The van der Waals surface area contributed by atoms with Crippen molar-refractivity contribution in [3.63, 3.8) is 0 Å². The van der Waals surface area contributed by atoms with Crippen molar-refractivity contribution in [2.24, 2.45) is 10.8 Å². The molecule has 0 unspecified atom stereocenters. The van der Waals surface area contributed by atoms with E-state index in [-0.39, 0.29) is 48.4 Å². The lowest BCUT2D eigenvalue weighted by Crippen LogP contribution is -2.45. The van der Waals surface area contributed by atoms with Crippen molar-refractivity contribution in [3.05, 3.63) is 84.8 Å². The van der Waals surface area contributed by atoms with Gasteiger partial charge in [-0.25, -0.2) is 4.39 Å². The van der Waals surface area contributed by atoms with Crippen molar-refractivity contribution in [2.45, 2.75) is 65.9 Å². The molecule has 9 heteroatoms. The fraction of sp³-hybridized carbons (Fsp3) is 0.406. The first kappa shape index (κ1) is 29.7. The number of rotatable bonds is 6. The zero-order chi connectivity index (χ0) is 29.9. The van der Waals surface area contributed by atoms with Gasteiger partial charge in [-0.05, 0) is 57.8 Å². The maximum atomic E-state index is 14.5. The summed E-state index contributed by atoms with van der Waals surface area (Å²) < 4.78 is 22.1. The molecule has 0 atom stereocenters. The molecule has 6 nitrogen and oxygen atoms in total. The molecule has 0 amide bonds. The first-order chi connectivity index (χ1) is 19.2. The van der Waals surface area contributed by atoms with Crippen LogP contribution in [-0.2, 0) is 21.0 Å². The average molecular weight is 689 g/mol. The van der Waals surface area contributed by atoms with Gasteiger partial charge in [0.15, 0.2) is 11.6 Å². The number of hydrogen-bond acceptors (Lipinski definition) is 5. The van der Waals surface area contributed by atoms with Crippen molar-refractivity contribution < 1.29 is 28.6 Å². The second kappa shape index (κ2) is 10.8. The largest absolute Gasteiger partial charge is 0.487 e. The maximum absolute atomic E-state index is 14.5. The van der Waals surface area contributed by atoms with E-state index >= 15 is 0 Å². The minimum absolute atomic E-state index is 0.0580. The van der Waals surface area contributed by atoms with Crippen LogP contribution >= 0.6 is 31.9 Å². The third-order valence-corrected chi connectivity index (χ3v) is 9.04. The Morgan fingerprint density at radius 3 is 2.07 bits per heavy atom. The van der Waals surface area contributed by atoms with Gasteiger partial charge in [0.1, 0.15) is 24.7 Å². The lowest BCUT2D eigenvalue weighted by Gasteiger charge is -2.48. The number of nitrogens with zero attached hydrogens (tertiary/aromatic N) is 1. The van der Waals surface area contributed by atoms with E-state index in [9.17, 15) is 23.9 Å². The zero-order valence-electron chi connectivity index (χ0n) is 23.4. The van der Waals surface area contributed by atoms with Crippen molar-refractivity contribution in [3.8, 4) is 5.75 Å². The summed E-state index contributed by atoms with van der Waals surface area (Å²) in [7, 11) is 0. The second-order valence-electron chi connectivity index (χ2n) is 12.7. The fourth-order valence-electron chi connectivity index (χ4n) is 6.40. The Hall–Kier alpha value is -2.78. The Bertz CT molecular complexity index is 1490. The van der Waals surface area contributed by atoms with Crippen molar-refractivity contribution in [1.82, 2.24) is 4.90 Å². The summed E-state index contributed by atoms with van der Waals surface area (Å²) in [4.78, 5) is 41.8. The zero-order valence-corrected chi connectivity index (χ0v) is 26.6. The molecule has 0 radical (unpaired) electrons. The number of aliphatic carboxylic acids is 1. The van der Waals surface area contributed by atoms with Gasteiger partial charge in [-0.2, -0.15) is 0 Å². The molecule has 3 aliphatic rings. The Kier molecular flexibility index (Phi) is 7.83. The highest BCUT2D eigenvalue weighted by atomic mass is 79.9. The monoisotopic (exact) mass is 687 g/mol. The number of ketones is 2. The summed E-state index contributed by atoms with van der Waals surface area (Å²) in [6, 6.07) is 10.0. The molecule has 2 aliphatic carbocycles. The van der Waals surface area contributed by atoms with E-state index in [1.807, 2.05) is 39.8 Å². The van der Waals surface area contributed by atoms with Crippen LogP contribution in [0.4, 0.5) is 4.39 Å². The molecule has 2 aromatic carbocycles. The van der Waals surface area contributed by atoms with Crippen LogP contribution in [0.5, 0.6) is 5.75 Å². The van der Waals surface area contributed by atoms with Crippen LogP contribution in [0.1, 0.15) is 70.4 Å². The number of allylic oxidation sites excluding steroid dienone is 4. The molecule has 1 aliphatic heterocycles. The predicted octanol–water partition coefficient (Wildman–Crippen LogP) is 7.70. The summed E-state index contributed by atoms with van der Waals surface area (Å²) in [5.41, 5.74) is 2.39. The first-order valence-electron chi connectivity index (χ1n) is 13.5. The van der Waals surface area contributed by atoms with Crippen LogP contribution < -0.4 is 4.74 Å². The normalized spacial score (nSPS) is 20.2. The summed E-state index contributed by atoms with van der Waals surface area (Å²) in [6.45, 7) is 7.61. The lowest BCUT2D eigenvalue weighted by atomic mass is 9.63. The number of benzene rings is 2. The van der Waals surface area contributed by atoms with Gasteiger partial charge in [0.05, 0.1) is 4.47 Å². The number of carboxylic acid groups (broad SMARTS) is 1. The Morgan fingerprint density at radius 2 is 1.54 bits per heavy atom. The topological polar surface area (TPSA) is 83.9 Å². The van der Waals surface area contributed by atoms with Crippen LogP contribution in [0.3, 0.4) is 0 Å². The van der Waals surface area contributed by atoms with E-state index < -0.39 is 17.7 Å². The quantitative estimate of drug-likeness (QED) is 0.335. The summed E-state index contributed by atoms with van der Waals surface area (Å²) in [5.74, 6) is -2.00. The molecule has 0 fully saturated rings. The standard InChI is InChI=1S/C32H32Br2FNO5/c1-31(2)11-22-28(24(37)13-31)27(29-23(36(22)15-26(39)40)12-32(3,4)14-25(29)38)19-9-18(33)10-20(34)30(19)41-16-17-7-5-6-8-21(17)35/h5-10,27H,11-16H2,1-4H3,(H,39,40). The molecular weight excluding hydrogens is 657 g/mol. The highest BCUT2D eigenvalue weighted by Gasteiger charge is 2.50. The Labute approximate surface area is 255 Å². The summed E-state index contributed by atoms with van der Waals surface area (Å²) in [6.07, 6.45) is 1.52. The van der Waals surface area contributed by atoms with Gasteiger partial charge < -0.3 is 14.7 Å². The predicted molar refractivity (Wildman–Crippen MR) is 160 cm³/mol. The first-order valence-corrected chi connectivity index (χ1v) is 15.1. The third kappa shape index (κ3) is 5.80. The van der Waals surface area contributed by atoms with E-state index in [0.29, 0.717) is 61.2 Å². The van der Waals surface area contributed by atoms with Crippen molar-refractivity contribution in [1.29, 1.82) is 0 Å². The SMILES string of the molecule is CC1(C)CC(=O)C2=C(C1)N(CC(=O)O)C1=C(C(=O)CC(C)(C)C1)C2c1cc(Br)cc(Br)c1OCc1ccccc1F. The molecule has 1 heterocycles. The number of halogens is 3. The van der Waals surface area contributed by atoms with E-state index in [2.05, 4.69) is 31.9 Å². The molecule has 0 saturated heterocycles. The molecule has 2 aromatic rings. The van der Waals surface area contributed by atoms with Crippen molar-refractivity contribution in [2.75, 3.05) is 6.54 Å². The van der Waals surface area contributed by atoms with Crippen LogP contribution in [0.2, 0.25) is 0 Å². The van der Waals surface area contributed by atoms with Crippen LogP contribution in [-0.4, -0.2) is 34.1 Å². The van der Waals surface area contributed by atoms with Gasteiger partial charge >= 0.3 is 5.97 Å². The van der Waals surface area contributed by atoms with E-state index in [4.69, 9.17) is 4.74 Å². The lowest BCUT2D eigenvalue weighted by molar-refractivity contribution is -0.138. The smallest absolute Gasteiger partial charge is 0.323 e. The number of carbonyl (C=O) groups excluding carboxylic acids is 2. The molecule has 0 saturated carbocycles. The molecular formula is C32H32Br2FNO5. The van der Waals surface area contributed by atoms with E-state index in [1.165, 1.54) is 6.07 Å². The Balaban J connectivity index is 1.76. The summed E-state index contributed by atoms with van der Waals surface area (Å²) in [5, 5.41) is 9.92. The number of ether oxygens (including phenoxy) is 1. The molecule has 0 aromatic heterocycles. The number of Topliss-reactive ketones (excluding diaryl/α,β-unsaturated/α-hetero) is 2. The van der Waals surface area contributed by atoms with Crippen LogP contribution in [0, 0.1) is 16.6 Å². The highest BCUT2D eigenvalue weighted by molar-refractivity contribution is 9.11. The second-order valence-corrected chi connectivity index (χ2v) is 14.5. The van der Waals surface area contributed by atoms with Crippen LogP contribution in [0.25, 0.3) is 0 Å². The van der Waals surface area contributed by atoms with E-state index in [1.54, 1.807) is 23.1 Å². The molecule has 216 valence electrons. The number of carbonyl (C=O) groups is 3. The van der Waals surface area contributed by atoms with Gasteiger partial charge in [0.25, 0.3) is 0 Å². The van der Waals surface area contributed by atoms with Gasteiger partial charge in [0.2, 0.25) is 0 Å². The van der Waals surface area contributed by atoms with Gasteiger partial charge in [-0.1, -0.05) is 61.8 Å². The molecule has 1 N–H and O–H groups in total. The van der Waals surface area contributed by atoms with Gasteiger partial charge in [-0.3, -0.25) is 14.4 Å².